The molecule has 3 nitrogen and oxygen atoms in total. The molecule has 0 aliphatic carbocycles. The molecule has 0 radical (unpaired) electrons. The van der Waals surface area contributed by atoms with Crippen LogP contribution < -0.4 is 5.73 Å². The SMILES string of the molecule is CC(N)c1cccc2ccnn12.Cl. The van der Waals surface area contributed by atoms with Crippen LogP contribution in [-0.2, 0) is 0 Å². The van der Waals surface area contributed by atoms with Crippen molar-refractivity contribution in [2.24, 2.45) is 5.73 Å². The van der Waals surface area contributed by atoms with Crippen molar-refractivity contribution in [2.75, 3.05) is 0 Å². The van der Waals surface area contributed by atoms with Gasteiger partial charge in [0.1, 0.15) is 0 Å². The van der Waals surface area contributed by atoms with Crippen molar-refractivity contribution in [1.82, 2.24) is 9.61 Å². The largest absolute Gasteiger partial charge is 0.323 e. The van der Waals surface area contributed by atoms with Crippen LogP contribution in [0.2, 0.25) is 0 Å². The minimum Gasteiger partial charge on any atom is -0.323 e. The van der Waals surface area contributed by atoms with Gasteiger partial charge in [-0.05, 0) is 25.1 Å². The van der Waals surface area contributed by atoms with E-state index in [1.807, 2.05) is 35.7 Å². The zero-order valence-corrected chi connectivity index (χ0v) is 8.16. The van der Waals surface area contributed by atoms with E-state index in [0.717, 1.165) is 11.2 Å². The molecule has 13 heavy (non-hydrogen) atoms. The number of rotatable bonds is 1. The average Bonchev–Trinajstić information content (AvgIpc) is 2.49. The molecule has 1 unspecified atom stereocenters. The van der Waals surface area contributed by atoms with Crippen LogP contribution in [0, 0.1) is 0 Å². The summed E-state index contributed by atoms with van der Waals surface area (Å²) >= 11 is 0. The van der Waals surface area contributed by atoms with Gasteiger partial charge in [-0.3, -0.25) is 0 Å². The average molecular weight is 198 g/mol. The summed E-state index contributed by atoms with van der Waals surface area (Å²) in [6.07, 6.45) is 1.78. The number of pyridine rings is 1. The number of hydrogen-bond donors (Lipinski definition) is 1. The molecule has 0 saturated heterocycles. The molecule has 0 spiro atoms. The Kier molecular flexibility index (Phi) is 2.90. The van der Waals surface area contributed by atoms with Crippen LogP contribution >= 0.6 is 12.4 Å². The van der Waals surface area contributed by atoms with E-state index in [9.17, 15) is 0 Å². The Morgan fingerprint density at radius 1 is 1.38 bits per heavy atom. The molecule has 2 N–H and O–H groups in total. The predicted molar refractivity (Wildman–Crippen MR) is 55.0 cm³/mol. The normalized spacial score (nSPS) is 12.5. The van der Waals surface area contributed by atoms with Crippen LogP contribution in [0.5, 0.6) is 0 Å². The first-order valence-electron chi connectivity index (χ1n) is 3.97. The zero-order chi connectivity index (χ0) is 8.55. The molecule has 0 fully saturated rings. The maximum absolute atomic E-state index is 5.78. The third-order valence-electron chi connectivity index (χ3n) is 1.92. The van der Waals surface area contributed by atoms with Gasteiger partial charge in [0.2, 0.25) is 0 Å². The Morgan fingerprint density at radius 2 is 2.15 bits per heavy atom. The lowest BCUT2D eigenvalue weighted by Gasteiger charge is -2.07. The fourth-order valence-electron chi connectivity index (χ4n) is 1.32. The maximum Gasteiger partial charge on any atom is 0.0665 e. The minimum atomic E-state index is 0. The highest BCUT2D eigenvalue weighted by atomic mass is 35.5. The van der Waals surface area contributed by atoms with Gasteiger partial charge in [-0.1, -0.05) is 6.07 Å². The number of nitrogens with two attached hydrogens (primary N) is 1. The number of halogens is 1. The van der Waals surface area contributed by atoms with E-state index in [1.165, 1.54) is 0 Å². The highest BCUT2D eigenvalue weighted by molar-refractivity contribution is 5.85. The standard InChI is InChI=1S/C9H11N3.ClH/c1-7(10)9-4-2-3-8-5-6-11-12(8)9;/h2-7H,10H2,1H3;1H. The molecule has 0 aromatic carbocycles. The van der Waals surface area contributed by atoms with Crippen LogP contribution in [0.4, 0.5) is 0 Å². The summed E-state index contributed by atoms with van der Waals surface area (Å²) in [5.41, 5.74) is 7.91. The van der Waals surface area contributed by atoms with Crippen LogP contribution in [0.1, 0.15) is 18.7 Å². The third kappa shape index (κ3) is 1.66. The second-order valence-electron chi connectivity index (χ2n) is 2.91. The topological polar surface area (TPSA) is 43.3 Å². The van der Waals surface area contributed by atoms with E-state index in [0.29, 0.717) is 0 Å². The molecule has 70 valence electrons. The second kappa shape index (κ2) is 3.77. The molecule has 0 aliphatic heterocycles. The lowest BCUT2D eigenvalue weighted by atomic mass is 10.2. The van der Waals surface area contributed by atoms with E-state index in [-0.39, 0.29) is 18.4 Å². The van der Waals surface area contributed by atoms with Crippen LogP contribution in [0.15, 0.2) is 30.5 Å². The van der Waals surface area contributed by atoms with Gasteiger partial charge in [0, 0.05) is 12.2 Å². The fourth-order valence-corrected chi connectivity index (χ4v) is 1.32. The third-order valence-corrected chi connectivity index (χ3v) is 1.92. The summed E-state index contributed by atoms with van der Waals surface area (Å²) in [5.74, 6) is 0. The molecule has 1 atom stereocenters. The fraction of sp³-hybridized carbons (Fsp3) is 0.222. The molecule has 0 aliphatic rings. The Hall–Kier alpha value is -1.06. The Balaban J connectivity index is 0.000000845. The van der Waals surface area contributed by atoms with E-state index in [4.69, 9.17) is 5.73 Å². The Labute approximate surface area is 83.0 Å². The smallest absolute Gasteiger partial charge is 0.0665 e. The predicted octanol–water partition coefficient (Wildman–Crippen LogP) is 1.78. The zero-order valence-electron chi connectivity index (χ0n) is 7.34. The first kappa shape index (κ1) is 10.0. The Bertz CT molecular complexity index is 394. The van der Waals surface area contributed by atoms with Crippen molar-refractivity contribution in [3.8, 4) is 0 Å². The summed E-state index contributed by atoms with van der Waals surface area (Å²) in [6, 6.07) is 7.99. The first-order chi connectivity index (χ1) is 5.79. The second-order valence-corrected chi connectivity index (χ2v) is 2.91. The monoisotopic (exact) mass is 197 g/mol. The summed E-state index contributed by atoms with van der Waals surface area (Å²) < 4.78 is 1.87. The van der Waals surface area contributed by atoms with Gasteiger partial charge >= 0.3 is 0 Å². The van der Waals surface area contributed by atoms with Gasteiger partial charge in [-0.2, -0.15) is 5.10 Å². The van der Waals surface area contributed by atoms with Crippen LogP contribution in [-0.4, -0.2) is 9.61 Å². The molecule has 2 aromatic heterocycles. The molecule has 2 aromatic rings. The first-order valence-corrected chi connectivity index (χ1v) is 3.97. The van der Waals surface area contributed by atoms with Gasteiger partial charge in [0.05, 0.1) is 11.2 Å². The quantitative estimate of drug-likeness (QED) is 0.758. The highest BCUT2D eigenvalue weighted by Gasteiger charge is 2.03. The molecular weight excluding hydrogens is 186 g/mol. The summed E-state index contributed by atoms with van der Waals surface area (Å²) in [7, 11) is 0. The molecule has 0 amide bonds. The van der Waals surface area contributed by atoms with Gasteiger partial charge < -0.3 is 5.73 Å². The van der Waals surface area contributed by atoms with Gasteiger partial charge in [0.15, 0.2) is 0 Å². The van der Waals surface area contributed by atoms with Gasteiger partial charge in [0.25, 0.3) is 0 Å². The van der Waals surface area contributed by atoms with Crippen LogP contribution in [0.25, 0.3) is 5.52 Å². The van der Waals surface area contributed by atoms with Crippen molar-refractivity contribution in [3.05, 3.63) is 36.2 Å². The number of nitrogens with zero attached hydrogens (tertiary/aromatic N) is 2. The maximum atomic E-state index is 5.78. The van der Waals surface area contributed by atoms with E-state index >= 15 is 0 Å². The van der Waals surface area contributed by atoms with Gasteiger partial charge in [-0.15, -0.1) is 12.4 Å². The van der Waals surface area contributed by atoms with Crippen molar-refractivity contribution < 1.29 is 0 Å². The summed E-state index contributed by atoms with van der Waals surface area (Å²) in [6.45, 7) is 1.95. The summed E-state index contributed by atoms with van der Waals surface area (Å²) in [4.78, 5) is 0. The van der Waals surface area contributed by atoms with Crippen LogP contribution in [0.3, 0.4) is 0 Å². The molecular formula is C9H12ClN3. The van der Waals surface area contributed by atoms with Crippen molar-refractivity contribution in [1.29, 1.82) is 0 Å². The van der Waals surface area contributed by atoms with E-state index < -0.39 is 0 Å². The van der Waals surface area contributed by atoms with Gasteiger partial charge in [-0.25, -0.2) is 4.52 Å². The number of hydrogen-bond acceptors (Lipinski definition) is 2. The summed E-state index contributed by atoms with van der Waals surface area (Å²) in [5, 5.41) is 4.18. The molecule has 4 heteroatoms. The number of aromatic nitrogens is 2. The molecule has 0 bridgehead atoms. The van der Waals surface area contributed by atoms with E-state index in [2.05, 4.69) is 5.10 Å². The van der Waals surface area contributed by atoms with E-state index in [1.54, 1.807) is 6.20 Å². The van der Waals surface area contributed by atoms with Crippen molar-refractivity contribution in [2.45, 2.75) is 13.0 Å². The molecule has 2 heterocycles. The Morgan fingerprint density at radius 3 is 2.85 bits per heavy atom. The lowest BCUT2D eigenvalue weighted by molar-refractivity contribution is 0.729. The minimum absolute atomic E-state index is 0. The highest BCUT2D eigenvalue weighted by Crippen LogP contribution is 2.11. The van der Waals surface area contributed by atoms with Crippen molar-refractivity contribution >= 4 is 17.9 Å². The lowest BCUT2D eigenvalue weighted by Crippen LogP contribution is -2.10. The molecule has 0 saturated carbocycles. The van der Waals surface area contributed by atoms with Crippen molar-refractivity contribution in [3.63, 3.8) is 0 Å². The number of fused-ring (bicyclic) bond motifs is 1. The molecule has 2 rings (SSSR count).